The van der Waals surface area contributed by atoms with Crippen LogP contribution in [-0.2, 0) is 0 Å². The summed E-state index contributed by atoms with van der Waals surface area (Å²) in [5, 5.41) is 4.48. The first-order valence-electron chi connectivity index (χ1n) is 7.22. The highest BCUT2D eigenvalue weighted by Crippen LogP contribution is 2.19. The molecule has 3 rings (SSSR count). The molecular weight excluding hydrogens is 256 g/mol. The predicted molar refractivity (Wildman–Crippen MR) is 91.3 cm³/mol. The van der Waals surface area contributed by atoms with Crippen LogP contribution in [-0.4, -0.2) is 11.5 Å². The van der Waals surface area contributed by atoms with Crippen LogP contribution in [0, 0.1) is 0 Å². The van der Waals surface area contributed by atoms with Crippen molar-refractivity contribution >= 4 is 28.7 Å². The molecule has 0 aliphatic heterocycles. The number of para-hydroxylation sites is 1. The Bertz CT molecular complexity index is 753. The lowest BCUT2D eigenvalue weighted by Gasteiger charge is -2.03. The molecule has 2 heteroatoms. The molecule has 0 aliphatic rings. The summed E-state index contributed by atoms with van der Waals surface area (Å²) in [4.78, 5) is 4.39. The van der Waals surface area contributed by atoms with Crippen LogP contribution < -0.4 is 5.32 Å². The van der Waals surface area contributed by atoms with E-state index in [1.165, 1.54) is 16.5 Å². The van der Waals surface area contributed by atoms with Crippen molar-refractivity contribution < 1.29 is 0 Å². The number of hydrogen-bond acceptors (Lipinski definition) is 2. The van der Waals surface area contributed by atoms with Crippen molar-refractivity contribution in [2.24, 2.45) is 0 Å². The van der Waals surface area contributed by atoms with Crippen LogP contribution in [0.2, 0.25) is 0 Å². The van der Waals surface area contributed by atoms with Gasteiger partial charge in [0.05, 0.1) is 5.52 Å². The van der Waals surface area contributed by atoms with E-state index >= 15 is 0 Å². The first kappa shape index (κ1) is 13.4. The highest BCUT2D eigenvalue weighted by Gasteiger charge is 1.97. The SMILES string of the molecule is CCNc1ccc(/C=C\c2ccnc3ccccc23)cc1. The maximum Gasteiger partial charge on any atom is 0.0707 e. The number of nitrogens with one attached hydrogen (secondary N) is 1. The molecule has 0 aliphatic carbocycles. The molecule has 0 spiro atoms. The van der Waals surface area contributed by atoms with Crippen LogP contribution in [0.4, 0.5) is 5.69 Å². The molecule has 0 saturated heterocycles. The first-order valence-corrected chi connectivity index (χ1v) is 7.22. The summed E-state index contributed by atoms with van der Waals surface area (Å²) in [6.45, 7) is 3.04. The molecule has 1 aromatic heterocycles. The van der Waals surface area contributed by atoms with Crippen LogP contribution in [0.5, 0.6) is 0 Å². The van der Waals surface area contributed by atoms with Crippen LogP contribution in [0.3, 0.4) is 0 Å². The van der Waals surface area contributed by atoms with Gasteiger partial charge >= 0.3 is 0 Å². The zero-order valence-electron chi connectivity index (χ0n) is 12.1. The topological polar surface area (TPSA) is 24.9 Å². The fourth-order valence-electron chi connectivity index (χ4n) is 2.37. The molecule has 0 bridgehead atoms. The Hall–Kier alpha value is -2.61. The second-order valence-electron chi connectivity index (χ2n) is 4.90. The maximum atomic E-state index is 4.39. The van der Waals surface area contributed by atoms with Crippen LogP contribution >= 0.6 is 0 Å². The molecule has 0 amide bonds. The van der Waals surface area contributed by atoms with E-state index in [2.05, 4.69) is 59.7 Å². The van der Waals surface area contributed by atoms with E-state index in [1.807, 2.05) is 30.5 Å². The minimum absolute atomic E-state index is 0.943. The molecule has 0 radical (unpaired) electrons. The average molecular weight is 274 g/mol. The van der Waals surface area contributed by atoms with E-state index in [1.54, 1.807) is 0 Å². The smallest absolute Gasteiger partial charge is 0.0707 e. The minimum Gasteiger partial charge on any atom is -0.385 e. The van der Waals surface area contributed by atoms with E-state index in [9.17, 15) is 0 Å². The number of aromatic nitrogens is 1. The summed E-state index contributed by atoms with van der Waals surface area (Å²) >= 11 is 0. The molecule has 104 valence electrons. The molecule has 0 atom stereocenters. The van der Waals surface area contributed by atoms with Crippen LogP contribution in [0.25, 0.3) is 23.1 Å². The van der Waals surface area contributed by atoms with Crippen LogP contribution in [0.1, 0.15) is 18.1 Å². The Balaban J connectivity index is 1.87. The van der Waals surface area contributed by atoms with Crippen molar-refractivity contribution in [3.63, 3.8) is 0 Å². The van der Waals surface area contributed by atoms with E-state index in [0.29, 0.717) is 0 Å². The molecule has 0 saturated carbocycles. The number of pyridine rings is 1. The summed E-state index contributed by atoms with van der Waals surface area (Å²) < 4.78 is 0. The largest absolute Gasteiger partial charge is 0.385 e. The average Bonchev–Trinajstić information content (AvgIpc) is 2.54. The van der Waals surface area contributed by atoms with Gasteiger partial charge < -0.3 is 5.32 Å². The number of anilines is 1. The number of fused-ring (bicyclic) bond motifs is 1. The Labute approximate surface area is 125 Å². The fraction of sp³-hybridized carbons (Fsp3) is 0.105. The Kier molecular flexibility index (Phi) is 3.97. The predicted octanol–water partition coefficient (Wildman–Crippen LogP) is 4.84. The van der Waals surface area contributed by atoms with Crippen molar-refractivity contribution in [3.05, 3.63) is 71.9 Å². The maximum absolute atomic E-state index is 4.39. The summed E-state index contributed by atoms with van der Waals surface area (Å²) in [6.07, 6.45) is 6.14. The summed E-state index contributed by atoms with van der Waals surface area (Å²) in [5.41, 5.74) is 4.57. The normalized spacial score (nSPS) is 11.1. The van der Waals surface area contributed by atoms with Crippen molar-refractivity contribution in [3.8, 4) is 0 Å². The molecule has 1 N–H and O–H groups in total. The zero-order chi connectivity index (χ0) is 14.5. The molecule has 2 aromatic carbocycles. The van der Waals surface area contributed by atoms with Crippen molar-refractivity contribution in [1.29, 1.82) is 0 Å². The van der Waals surface area contributed by atoms with Crippen molar-refractivity contribution in [1.82, 2.24) is 4.98 Å². The van der Waals surface area contributed by atoms with E-state index in [0.717, 1.165) is 17.7 Å². The summed E-state index contributed by atoms with van der Waals surface area (Å²) in [7, 11) is 0. The quantitative estimate of drug-likeness (QED) is 0.736. The van der Waals surface area contributed by atoms with Gasteiger partial charge in [0.2, 0.25) is 0 Å². The van der Waals surface area contributed by atoms with Gasteiger partial charge in [-0.1, -0.05) is 42.5 Å². The van der Waals surface area contributed by atoms with Gasteiger partial charge in [-0.25, -0.2) is 0 Å². The van der Waals surface area contributed by atoms with Gasteiger partial charge in [0.25, 0.3) is 0 Å². The van der Waals surface area contributed by atoms with Gasteiger partial charge in [-0.3, -0.25) is 4.98 Å². The minimum atomic E-state index is 0.943. The highest BCUT2D eigenvalue weighted by atomic mass is 14.8. The lowest BCUT2D eigenvalue weighted by molar-refractivity contribution is 1.21. The number of rotatable bonds is 4. The lowest BCUT2D eigenvalue weighted by atomic mass is 10.1. The number of nitrogens with zero attached hydrogens (tertiary/aromatic N) is 1. The third kappa shape index (κ3) is 3.11. The standard InChI is InChI=1S/C19H18N2/c1-2-20-17-11-8-15(9-12-17)7-10-16-13-14-21-19-6-4-3-5-18(16)19/h3-14,20H,2H2,1H3/b10-7-. The van der Waals surface area contributed by atoms with E-state index in [-0.39, 0.29) is 0 Å². The van der Waals surface area contributed by atoms with Crippen molar-refractivity contribution in [2.75, 3.05) is 11.9 Å². The Morgan fingerprint density at radius 3 is 2.57 bits per heavy atom. The Morgan fingerprint density at radius 2 is 1.76 bits per heavy atom. The summed E-state index contributed by atoms with van der Waals surface area (Å²) in [5.74, 6) is 0. The first-order chi connectivity index (χ1) is 10.4. The lowest BCUT2D eigenvalue weighted by Crippen LogP contribution is -1.95. The Morgan fingerprint density at radius 1 is 0.952 bits per heavy atom. The molecule has 21 heavy (non-hydrogen) atoms. The van der Waals surface area contributed by atoms with Gasteiger partial charge in [0.15, 0.2) is 0 Å². The van der Waals surface area contributed by atoms with E-state index < -0.39 is 0 Å². The van der Waals surface area contributed by atoms with Gasteiger partial charge in [-0.2, -0.15) is 0 Å². The van der Waals surface area contributed by atoms with Gasteiger partial charge in [-0.05, 0) is 42.3 Å². The number of benzene rings is 2. The second-order valence-corrected chi connectivity index (χ2v) is 4.90. The molecule has 2 nitrogen and oxygen atoms in total. The molecule has 3 aromatic rings. The fourth-order valence-corrected chi connectivity index (χ4v) is 2.37. The molecule has 0 fully saturated rings. The van der Waals surface area contributed by atoms with Gasteiger partial charge in [0, 0.05) is 23.8 Å². The summed E-state index contributed by atoms with van der Waals surface area (Å²) in [6, 6.07) is 18.7. The van der Waals surface area contributed by atoms with Gasteiger partial charge in [0.1, 0.15) is 0 Å². The molecular formula is C19H18N2. The monoisotopic (exact) mass is 274 g/mol. The third-order valence-electron chi connectivity index (χ3n) is 3.43. The van der Waals surface area contributed by atoms with Crippen LogP contribution in [0.15, 0.2) is 60.8 Å². The zero-order valence-corrected chi connectivity index (χ0v) is 12.1. The highest BCUT2D eigenvalue weighted by molar-refractivity contribution is 5.90. The second kappa shape index (κ2) is 6.23. The molecule has 0 unspecified atom stereocenters. The molecule has 1 heterocycles. The third-order valence-corrected chi connectivity index (χ3v) is 3.43. The van der Waals surface area contributed by atoms with Crippen molar-refractivity contribution in [2.45, 2.75) is 6.92 Å². The van der Waals surface area contributed by atoms with E-state index in [4.69, 9.17) is 0 Å². The van der Waals surface area contributed by atoms with Gasteiger partial charge in [-0.15, -0.1) is 0 Å². The number of hydrogen-bond donors (Lipinski definition) is 1.